The van der Waals surface area contributed by atoms with E-state index in [9.17, 15) is 13.2 Å². The fourth-order valence-corrected chi connectivity index (χ4v) is 1.30. The van der Waals surface area contributed by atoms with Gasteiger partial charge in [-0.3, -0.25) is 0 Å². The first-order valence-electron chi connectivity index (χ1n) is 4.37. The van der Waals surface area contributed by atoms with Gasteiger partial charge in [-0.15, -0.1) is 0 Å². The molecule has 0 spiro atoms. The maximum Gasteiger partial charge on any atom is 0.416 e. The molecule has 2 nitrogen and oxygen atoms in total. The quantitative estimate of drug-likeness (QED) is 0.830. The molecule has 2 N–H and O–H groups in total. The Morgan fingerprint density at radius 2 is 1.93 bits per heavy atom. The zero-order chi connectivity index (χ0) is 11.6. The summed E-state index contributed by atoms with van der Waals surface area (Å²) >= 11 is 0. The molecule has 0 saturated heterocycles. The third-order valence-electron chi connectivity index (χ3n) is 2.05. The van der Waals surface area contributed by atoms with Crippen molar-refractivity contribution in [2.75, 3.05) is 7.11 Å². The molecule has 0 aliphatic carbocycles. The number of halogens is 3. The fraction of sp³-hybridized carbons (Fsp3) is 0.400. The second kappa shape index (κ2) is 4.10. The highest BCUT2D eigenvalue weighted by Gasteiger charge is 2.34. The van der Waals surface area contributed by atoms with E-state index in [-0.39, 0.29) is 5.56 Å². The van der Waals surface area contributed by atoms with E-state index in [2.05, 4.69) is 0 Å². The van der Waals surface area contributed by atoms with E-state index in [0.29, 0.717) is 5.75 Å². The molecule has 1 aromatic rings. The lowest BCUT2D eigenvalue weighted by Crippen LogP contribution is -2.15. The highest BCUT2D eigenvalue weighted by Crippen LogP contribution is 2.35. The predicted molar refractivity (Wildman–Crippen MR) is 50.6 cm³/mol. The molecule has 15 heavy (non-hydrogen) atoms. The molecule has 1 unspecified atom stereocenters. The summed E-state index contributed by atoms with van der Waals surface area (Å²) in [5.74, 6) is 0.371. The number of ether oxygens (including phenoxy) is 1. The van der Waals surface area contributed by atoms with Gasteiger partial charge < -0.3 is 10.5 Å². The number of methoxy groups -OCH3 is 1. The van der Waals surface area contributed by atoms with Gasteiger partial charge >= 0.3 is 6.18 Å². The molecule has 0 radical (unpaired) electrons. The van der Waals surface area contributed by atoms with Crippen molar-refractivity contribution in [2.45, 2.75) is 19.1 Å². The maximum absolute atomic E-state index is 12.5. The minimum atomic E-state index is -4.38. The van der Waals surface area contributed by atoms with Gasteiger partial charge in [0.1, 0.15) is 5.75 Å². The van der Waals surface area contributed by atoms with Gasteiger partial charge in [0.25, 0.3) is 0 Å². The van der Waals surface area contributed by atoms with E-state index in [1.54, 1.807) is 0 Å². The van der Waals surface area contributed by atoms with Gasteiger partial charge in [0.2, 0.25) is 0 Å². The van der Waals surface area contributed by atoms with Crippen LogP contribution in [0.1, 0.15) is 24.1 Å². The third-order valence-corrected chi connectivity index (χ3v) is 2.05. The van der Waals surface area contributed by atoms with Crippen LogP contribution in [0.25, 0.3) is 0 Å². The zero-order valence-corrected chi connectivity index (χ0v) is 8.43. The standard InChI is InChI=1S/C10H12F3NO/c1-6(14)8-5-7(15-2)3-4-9(8)10(11,12)13/h3-6H,14H2,1-2H3. The average Bonchev–Trinajstić information content (AvgIpc) is 2.15. The van der Waals surface area contributed by atoms with Crippen molar-refractivity contribution >= 4 is 0 Å². The largest absolute Gasteiger partial charge is 0.497 e. The second-order valence-corrected chi connectivity index (χ2v) is 3.24. The topological polar surface area (TPSA) is 35.2 Å². The summed E-state index contributed by atoms with van der Waals surface area (Å²) in [6, 6.07) is 2.89. The van der Waals surface area contributed by atoms with Crippen LogP contribution in [-0.2, 0) is 6.18 Å². The molecule has 0 fully saturated rings. The van der Waals surface area contributed by atoms with Crippen LogP contribution in [0.3, 0.4) is 0 Å². The first-order chi connectivity index (χ1) is 6.86. The molecule has 0 bridgehead atoms. The van der Waals surface area contributed by atoms with Gasteiger partial charge in [0.15, 0.2) is 0 Å². The monoisotopic (exact) mass is 219 g/mol. The molecule has 0 heterocycles. The molecule has 5 heteroatoms. The zero-order valence-electron chi connectivity index (χ0n) is 8.43. The number of benzene rings is 1. The lowest BCUT2D eigenvalue weighted by molar-refractivity contribution is -0.138. The van der Waals surface area contributed by atoms with Gasteiger partial charge in [0, 0.05) is 6.04 Å². The Labute approximate surface area is 85.8 Å². The Hall–Kier alpha value is -1.23. The summed E-state index contributed by atoms with van der Waals surface area (Å²) in [5, 5.41) is 0. The number of hydrogen-bond donors (Lipinski definition) is 1. The second-order valence-electron chi connectivity index (χ2n) is 3.24. The minimum Gasteiger partial charge on any atom is -0.497 e. The number of rotatable bonds is 2. The summed E-state index contributed by atoms with van der Waals surface area (Å²) in [6.07, 6.45) is -4.38. The molecule has 84 valence electrons. The summed E-state index contributed by atoms with van der Waals surface area (Å²) in [6.45, 7) is 1.50. The van der Waals surface area contributed by atoms with Crippen molar-refractivity contribution in [3.8, 4) is 5.75 Å². The Kier molecular flexibility index (Phi) is 3.24. The molecule has 1 atom stereocenters. The van der Waals surface area contributed by atoms with Crippen LogP contribution >= 0.6 is 0 Å². The molecule has 0 amide bonds. The van der Waals surface area contributed by atoms with Gasteiger partial charge in [-0.25, -0.2) is 0 Å². The van der Waals surface area contributed by atoms with Crippen LogP contribution in [0, 0.1) is 0 Å². The molecular weight excluding hydrogens is 207 g/mol. The molecule has 1 aromatic carbocycles. The molecule has 0 saturated carbocycles. The van der Waals surface area contributed by atoms with Gasteiger partial charge in [-0.2, -0.15) is 13.2 Å². The van der Waals surface area contributed by atoms with E-state index >= 15 is 0 Å². The molecule has 0 aromatic heterocycles. The Morgan fingerprint density at radius 1 is 1.33 bits per heavy atom. The summed E-state index contributed by atoms with van der Waals surface area (Å²) < 4.78 is 42.5. The fourth-order valence-electron chi connectivity index (χ4n) is 1.30. The lowest BCUT2D eigenvalue weighted by Gasteiger charge is -2.16. The van der Waals surface area contributed by atoms with Crippen LogP contribution in [0.4, 0.5) is 13.2 Å². The van der Waals surface area contributed by atoms with Crippen molar-refractivity contribution in [3.63, 3.8) is 0 Å². The van der Waals surface area contributed by atoms with Gasteiger partial charge in [-0.05, 0) is 30.7 Å². The molecule has 0 aliphatic rings. The first-order valence-corrected chi connectivity index (χ1v) is 4.37. The maximum atomic E-state index is 12.5. The number of alkyl halides is 3. The van der Waals surface area contributed by atoms with Crippen molar-refractivity contribution in [1.29, 1.82) is 0 Å². The van der Waals surface area contributed by atoms with Crippen molar-refractivity contribution in [2.24, 2.45) is 5.73 Å². The molecular formula is C10H12F3NO. The van der Waals surface area contributed by atoms with E-state index in [4.69, 9.17) is 10.5 Å². The SMILES string of the molecule is COc1ccc(C(F)(F)F)c(C(C)N)c1. The van der Waals surface area contributed by atoms with Crippen LogP contribution in [0.5, 0.6) is 5.75 Å². The summed E-state index contributed by atoms with van der Waals surface area (Å²) in [5.41, 5.74) is 4.81. The van der Waals surface area contributed by atoms with Crippen LogP contribution in [0.15, 0.2) is 18.2 Å². The molecule has 0 aliphatic heterocycles. The molecule has 1 rings (SSSR count). The third kappa shape index (κ3) is 2.62. The van der Waals surface area contributed by atoms with Crippen molar-refractivity contribution in [3.05, 3.63) is 29.3 Å². The number of hydrogen-bond acceptors (Lipinski definition) is 2. The van der Waals surface area contributed by atoms with E-state index in [1.165, 1.54) is 26.2 Å². The Balaban J connectivity index is 3.28. The normalized spacial score (nSPS) is 13.7. The van der Waals surface area contributed by atoms with E-state index in [1.807, 2.05) is 0 Å². The smallest absolute Gasteiger partial charge is 0.416 e. The Morgan fingerprint density at radius 3 is 2.33 bits per heavy atom. The van der Waals surface area contributed by atoms with Crippen molar-refractivity contribution in [1.82, 2.24) is 0 Å². The number of nitrogens with two attached hydrogens (primary N) is 1. The highest BCUT2D eigenvalue weighted by molar-refractivity contribution is 5.38. The highest BCUT2D eigenvalue weighted by atomic mass is 19.4. The summed E-state index contributed by atoms with van der Waals surface area (Å²) in [7, 11) is 1.40. The van der Waals surface area contributed by atoms with Crippen LogP contribution in [0.2, 0.25) is 0 Å². The van der Waals surface area contributed by atoms with Gasteiger partial charge in [-0.1, -0.05) is 0 Å². The minimum absolute atomic E-state index is 0.0434. The van der Waals surface area contributed by atoms with E-state index in [0.717, 1.165) is 6.07 Å². The van der Waals surface area contributed by atoms with E-state index < -0.39 is 17.8 Å². The average molecular weight is 219 g/mol. The Bertz CT molecular complexity index is 347. The van der Waals surface area contributed by atoms with Crippen LogP contribution in [-0.4, -0.2) is 7.11 Å². The first kappa shape index (κ1) is 11.8. The van der Waals surface area contributed by atoms with Gasteiger partial charge in [0.05, 0.1) is 12.7 Å². The van der Waals surface area contributed by atoms with Crippen molar-refractivity contribution < 1.29 is 17.9 Å². The summed E-state index contributed by atoms with van der Waals surface area (Å²) in [4.78, 5) is 0. The lowest BCUT2D eigenvalue weighted by atomic mass is 10.0. The predicted octanol–water partition coefficient (Wildman–Crippen LogP) is 2.73. The van der Waals surface area contributed by atoms with Crippen LogP contribution < -0.4 is 10.5 Å².